The minimum absolute atomic E-state index is 0. The van der Waals surface area contributed by atoms with E-state index < -0.39 is 0 Å². The molecule has 0 spiro atoms. The number of halogens is 3. The van der Waals surface area contributed by atoms with Crippen molar-refractivity contribution in [2.45, 2.75) is 13.3 Å². The van der Waals surface area contributed by atoms with Gasteiger partial charge in [-0.3, -0.25) is 4.79 Å². The predicted molar refractivity (Wildman–Crippen MR) is 99.2 cm³/mol. The van der Waals surface area contributed by atoms with Crippen LogP contribution >= 0.6 is 36.2 Å². The molecule has 0 unspecified atom stereocenters. The van der Waals surface area contributed by atoms with E-state index in [1.807, 2.05) is 6.92 Å². The monoisotopic (exact) mass is 391 g/mol. The molecule has 0 saturated carbocycles. The lowest BCUT2D eigenvalue weighted by molar-refractivity contribution is 0.0945. The Hall–Kier alpha value is -1.21. The van der Waals surface area contributed by atoms with E-state index in [1.54, 1.807) is 12.1 Å². The maximum Gasteiger partial charge on any atom is 0.263 e. The van der Waals surface area contributed by atoms with E-state index in [0.29, 0.717) is 23.8 Å². The summed E-state index contributed by atoms with van der Waals surface area (Å²) in [6.07, 6.45) is 0.617. The lowest BCUT2D eigenvalue weighted by Gasteiger charge is -2.26. The SMILES string of the molecule is Cc1nc(Cc2ccc(F)cc2)sc1C(=O)NCC1CNC1.Cl.Cl. The molecule has 2 aromatic rings. The van der Waals surface area contributed by atoms with Crippen molar-refractivity contribution in [1.82, 2.24) is 15.6 Å². The number of hydrogen-bond donors (Lipinski definition) is 2. The number of hydrogen-bond acceptors (Lipinski definition) is 4. The fourth-order valence-electron chi connectivity index (χ4n) is 2.33. The second-order valence-corrected chi connectivity index (χ2v) is 6.64. The third-order valence-corrected chi connectivity index (χ3v) is 4.89. The van der Waals surface area contributed by atoms with Gasteiger partial charge < -0.3 is 10.6 Å². The van der Waals surface area contributed by atoms with Gasteiger partial charge in [-0.15, -0.1) is 36.2 Å². The van der Waals surface area contributed by atoms with Crippen molar-refractivity contribution in [3.8, 4) is 0 Å². The van der Waals surface area contributed by atoms with Crippen molar-refractivity contribution in [2.75, 3.05) is 19.6 Å². The summed E-state index contributed by atoms with van der Waals surface area (Å²) >= 11 is 1.41. The third-order valence-electron chi connectivity index (χ3n) is 3.73. The summed E-state index contributed by atoms with van der Waals surface area (Å²) in [7, 11) is 0. The van der Waals surface area contributed by atoms with E-state index in [4.69, 9.17) is 0 Å². The van der Waals surface area contributed by atoms with Gasteiger partial charge in [-0.2, -0.15) is 0 Å². The van der Waals surface area contributed by atoms with Gasteiger partial charge in [-0.05, 0) is 24.6 Å². The van der Waals surface area contributed by atoms with Crippen LogP contribution in [0.5, 0.6) is 0 Å². The molecular formula is C16H20Cl2FN3OS. The first-order valence-electron chi connectivity index (χ1n) is 7.31. The number of nitrogens with zero attached hydrogens (tertiary/aromatic N) is 1. The Bertz CT molecular complexity index is 674. The highest BCUT2D eigenvalue weighted by atomic mass is 35.5. The molecule has 1 fully saturated rings. The van der Waals surface area contributed by atoms with Gasteiger partial charge in [0.1, 0.15) is 10.7 Å². The summed E-state index contributed by atoms with van der Waals surface area (Å²) in [5.41, 5.74) is 1.74. The first kappa shape index (κ1) is 20.8. The molecule has 24 heavy (non-hydrogen) atoms. The highest BCUT2D eigenvalue weighted by molar-refractivity contribution is 7.13. The number of thiazole rings is 1. The number of amides is 1. The summed E-state index contributed by atoms with van der Waals surface area (Å²) < 4.78 is 12.9. The van der Waals surface area contributed by atoms with Crippen LogP contribution in [0.4, 0.5) is 4.39 Å². The molecule has 0 aliphatic carbocycles. The molecule has 1 aromatic carbocycles. The highest BCUT2D eigenvalue weighted by Crippen LogP contribution is 2.21. The zero-order chi connectivity index (χ0) is 15.5. The lowest BCUT2D eigenvalue weighted by Crippen LogP contribution is -2.48. The summed E-state index contributed by atoms with van der Waals surface area (Å²) in [6.45, 7) is 4.50. The summed E-state index contributed by atoms with van der Waals surface area (Å²) in [5.74, 6) is 0.243. The molecular weight excluding hydrogens is 372 g/mol. The van der Waals surface area contributed by atoms with Gasteiger partial charge in [0.05, 0.1) is 10.7 Å². The molecule has 1 aromatic heterocycles. The van der Waals surface area contributed by atoms with Crippen molar-refractivity contribution >= 4 is 42.1 Å². The van der Waals surface area contributed by atoms with Crippen LogP contribution in [0.25, 0.3) is 0 Å². The van der Waals surface area contributed by atoms with Crippen LogP contribution in [0.3, 0.4) is 0 Å². The number of aromatic nitrogens is 1. The Morgan fingerprint density at radius 3 is 2.58 bits per heavy atom. The van der Waals surface area contributed by atoms with Gasteiger partial charge in [-0.1, -0.05) is 12.1 Å². The Labute approximate surface area is 157 Å². The average molecular weight is 392 g/mol. The zero-order valence-electron chi connectivity index (χ0n) is 13.2. The summed E-state index contributed by atoms with van der Waals surface area (Å²) in [6, 6.07) is 6.37. The van der Waals surface area contributed by atoms with Crippen LogP contribution < -0.4 is 10.6 Å². The van der Waals surface area contributed by atoms with Gasteiger partial charge in [-0.25, -0.2) is 9.37 Å². The molecule has 0 bridgehead atoms. The molecule has 132 valence electrons. The van der Waals surface area contributed by atoms with Crippen molar-refractivity contribution in [3.05, 3.63) is 51.2 Å². The molecule has 0 radical (unpaired) electrons. The third kappa shape index (κ3) is 5.14. The van der Waals surface area contributed by atoms with Crippen molar-refractivity contribution in [1.29, 1.82) is 0 Å². The molecule has 8 heteroatoms. The molecule has 4 nitrogen and oxygen atoms in total. The van der Waals surface area contributed by atoms with Crippen LogP contribution in [-0.4, -0.2) is 30.5 Å². The minimum Gasteiger partial charge on any atom is -0.351 e. The largest absolute Gasteiger partial charge is 0.351 e. The number of carbonyl (C=O) groups excluding carboxylic acids is 1. The quantitative estimate of drug-likeness (QED) is 0.823. The van der Waals surface area contributed by atoms with Gasteiger partial charge >= 0.3 is 0 Å². The number of nitrogens with one attached hydrogen (secondary N) is 2. The van der Waals surface area contributed by atoms with E-state index in [1.165, 1.54) is 23.5 Å². The van der Waals surface area contributed by atoms with E-state index in [2.05, 4.69) is 15.6 Å². The highest BCUT2D eigenvalue weighted by Gasteiger charge is 2.20. The summed E-state index contributed by atoms with van der Waals surface area (Å²) in [4.78, 5) is 17.3. The first-order chi connectivity index (χ1) is 10.6. The van der Waals surface area contributed by atoms with Crippen LogP contribution in [0.2, 0.25) is 0 Å². The number of carbonyl (C=O) groups is 1. The number of benzene rings is 1. The number of aryl methyl sites for hydroxylation is 1. The zero-order valence-corrected chi connectivity index (χ0v) is 15.6. The maximum absolute atomic E-state index is 12.9. The fraction of sp³-hybridized carbons (Fsp3) is 0.375. The van der Waals surface area contributed by atoms with Crippen molar-refractivity contribution in [2.24, 2.45) is 5.92 Å². The van der Waals surface area contributed by atoms with Crippen molar-refractivity contribution < 1.29 is 9.18 Å². The second-order valence-electron chi connectivity index (χ2n) is 5.56. The Kier molecular flexibility index (Phi) is 8.09. The van der Waals surface area contributed by atoms with Gasteiger partial charge in [0.2, 0.25) is 0 Å². The van der Waals surface area contributed by atoms with E-state index >= 15 is 0 Å². The molecule has 1 saturated heterocycles. The standard InChI is InChI=1S/C16H18FN3OS.2ClH/c1-10-15(16(21)19-9-12-7-18-8-12)22-14(20-10)6-11-2-4-13(17)5-3-11;;/h2-5,12,18H,6-9H2,1H3,(H,19,21);2*1H. The molecule has 1 aliphatic heterocycles. The van der Waals surface area contributed by atoms with Crippen LogP contribution in [-0.2, 0) is 6.42 Å². The number of rotatable bonds is 5. The normalized spacial score (nSPS) is 13.4. The van der Waals surface area contributed by atoms with E-state index in [9.17, 15) is 9.18 Å². The fourth-order valence-corrected chi connectivity index (χ4v) is 3.34. The molecule has 2 N–H and O–H groups in total. The topological polar surface area (TPSA) is 54.0 Å². The Balaban J connectivity index is 0.00000144. The smallest absolute Gasteiger partial charge is 0.263 e. The Morgan fingerprint density at radius 2 is 2.00 bits per heavy atom. The predicted octanol–water partition coefficient (Wildman–Crippen LogP) is 2.97. The van der Waals surface area contributed by atoms with Crippen LogP contribution in [0.15, 0.2) is 24.3 Å². The van der Waals surface area contributed by atoms with Crippen LogP contribution in [0, 0.1) is 18.7 Å². The first-order valence-corrected chi connectivity index (χ1v) is 8.13. The minimum atomic E-state index is -0.246. The van der Waals surface area contributed by atoms with Crippen molar-refractivity contribution in [3.63, 3.8) is 0 Å². The molecule has 0 atom stereocenters. The maximum atomic E-state index is 12.9. The Morgan fingerprint density at radius 1 is 1.33 bits per heavy atom. The van der Waals surface area contributed by atoms with Crippen LogP contribution in [0.1, 0.15) is 25.9 Å². The molecule has 3 rings (SSSR count). The molecule has 2 heterocycles. The van der Waals surface area contributed by atoms with Gasteiger partial charge in [0.15, 0.2) is 0 Å². The lowest BCUT2D eigenvalue weighted by atomic mass is 10.0. The molecule has 1 amide bonds. The average Bonchev–Trinajstić information content (AvgIpc) is 2.80. The second kappa shape index (κ2) is 9.32. The van der Waals surface area contributed by atoms with Gasteiger partial charge in [0, 0.05) is 32.0 Å². The molecule has 1 aliphatic rings. The summed E-state index contributed by atoms with van der Waals surface area (Å²) in [5, 5.41) is 7.03. The van der Waals surface area contributed by atoms with E-state index in [-0.39, 0.29) is 36.5 Å². The van der Waals surface area contributed by atoms with Gasteiger partial charge in [0.25, 0.3) is 5.91 Å². The van der Waals surface area contributed by atoms with E-state index in [0.717, 1.165) is 29.4 Å².